The molecule has 206 valence electrons. The molecule has 1 heteroatoms. The second-order valence-electron chi connectivity index (χ2n) is 14.9. The van der Waals surface area contributed by atoms with Gasteiger partial charge in [-0.2, -0.15) is 0 Å². The maximum absolute atomic E-state index is 3.69. The fourth-order valence-electron chi connectivity index (χ4n) is 6.02. The minimum absolute atomic E-state index is 0.128. The largest absolute Gasteiger partial charge is 0.381 e. The Bertz CT molecular complexity index is 1160. The van der Waals surface area contributed by atoms with E-state index in [2.05, 4.69) is 142 Å². The summed E-state index contributed by atoms with van der Waals surface area (Å²) in [6.07, 6.45) is 3.38. The Morgan fingerprint density at radius 2 is 1.21 bits per heavy atom. The minimum atomic E-state index is 0.128. The smallest absolute Gasteiger partial charge is 0.0400 e. The molecule has 0 aliphatic rings. The number of rotatable bonds is 8. The first-order chi connectivity index (χ1) is 17.5. The Morgan fingerprint density at radius 1 is 0.684 bits per heavy atom. The van der Waals surface area contributed by atoms with Gasteiger partial charge in [0.15, 0.2) is 0 Å². The van der Waals surface area contributed by atoms with Gasteiger partial charge < -0.3 is 5.32 Å². The van der Waals surface area contributed by atoms with Gasteiger partial charge >= 0.3 is 0 Å². The van der Waals surface area contributed by atoms with Crippen molar-refractivity contribution in [1.29, 1.82) is 0 Å². The molecule has 0 saturated heterocycles. The molecule has 0 bridgehead atoms. The topological polar surface area (TPSA) is 12.0 Å². The molecular weight excluding hydrogens is 458 g/mol. The zero-order valence-electron chi connectivity index (χ0n) is 26.2. The summed E-state index contributed by atoms with van der Waals surface area (Å²) in [6, 6.07) is 22.9. The fraction of sp³-hybridized carbons (Fsp3) is 0.514. The van der Waals surface area contributed by atoms with Crippen molar-refractivity contribution in [3.8, 4) is 0 Å². The third-order valence-corrected chi connectivity index (χ3v) is 7.58. The van der Waals surface area contributed by atoms with Crippen LogP contribution in [0.1, 0.15) is 115 Å². The molecule has 0 aliphatic heterocycles. The lowest BCUT2D eigenvalue weighted by Gasteiger charge is -2.30. The van der Waals surface area contributed by atoms with Gasteiger partial charge in [-0.1, -0.05) is 118 Å². The normalized spacial score (nSPS) is 13.4. The van der Waals surface area contributed by atoms with E-state index in [1.54, 1.807) is 0 Å². The van der Waals surface area contributed by atoms with Gasteiger partial charge in [0.1, 0.15) is 0 Å². The van der Waals surface area contributed by atoms with Crippen molar-refractivity contribution in [3.63, 3.8) is 0 Å². The van der Waals surface area contributed by atoms with Crippen LogP contribution in [-0.2, 0) is 30.2 Å². The van der Waals surface area contributed by atoms with Crippen LogP contribution in [0.4, 0.5) is 5.69 Å². The Hall–Kier alpha value is -2.54. The summed E-state index contributed by atoms with van der Waals surface area (Å²) < 4.78 is 0. The molecule has 1 N–H and O–H groups in total. The highest BCUT2D eigenvalue weighted by molar-refractivity contribution is 5.49. The standard InChI is InChI=1S/C37H53N/c1-26(24-35(3,4)5)20-30-14-12-13-15-31(30)21-28-16-18-32(19-17-28)38-25-29-22-33(36(6,7)8)27(2)34(23-29)37(9,10)11/h12-19,22-23,26,38H,20-21,24-25H2,1-11H3. The molecule has 0 spiro atoms. The van der Waals surface area contributed by atoms with E-state index in [-0.39, 0.29) is 10.8 Å². The second-order valence-corrected chi connectivity index (χ2v) is 14.9. The summed E-state index contributed by atoms with van der Waals surface area (Å²) in [5, 5.41) is 3.69. The first kappa shape index (κ1) is 30.0. The van der Waals surface area contributed by atoms with Crippen molar-refractivity contribution in [1.82, 2.24) is 0 Å². The Morgan fingerprint density at radius 3 is 1.71 bits per heavy atom. The maximum atomic E-state index is 3.69. The van der Waals surface area contributed by atoms with Crippen LogP contribution in [0.25, 0.3) is 0 Å². The van der Waals surface area contributed by atoms with Crippen molar-refractivity contribution >= 4 is 5.69 Å². The van der Waals surface area contributed by atoms with Gasteiger partial charge in [0.25, 0.3) is 0 Å². The summed E-state index contributed by atoms with van der Waals surface area (Å²) in [5.41, 5.74) is 11.8. The van der Waals surface area contributed by atoms with E-state index in [0.717, 1.165) is 19.4 Å². The lowest BCUT2D eigenvalue weighted by atomic mass is 9.76. The molecule has 0 aliphatic carbocycles. The molecule has 1 nitrogen and oxygen atoms in total. The summed E-state index contributed by atoms with van der Waals surface area (Å²) in [4.78, 5) is 0. The minimum Gasteiger partial charge on any atom is -0.381 e. The Labute approximate surface area is 234 Å². The van der Waals surface area contributed by atoms with Crippen molar-refractivity contribution in [2.45, 2.75) is 113 Å². The molecule has 0 heterocycles. The number of hydrogen-bond donors (Lipinski definition) is 1. The second kappa shape index (κ2) is 11.7. The van der Waals surface area contributed by atoms with E-state index in [4.69, 9.17) is 0 Å². The summed E-state index contributed by atoms with van der Waals surface area (Å²) in [5.74, 6) is 0.682. The predicted octanol–water partition coefficient (Wildman–Crippen LogP) is 10.4. The number of nitrogens with one attached hydrogen (secondary N) is 1. The van der Waals surface area contributed by atoms with Crippen LogP contribution in [0.2, 0.25) is 0 Å². The quantitative estimate of drug-likeness (QED) is 0.317. The molecule has 0 aromatic heterocycles. The van der Waals surface area contributed by atoms with Crippen LogP contribution in [0.3, 0.4) is 0 Å². The maximum Gasteiger partial charge on any atom is 0.0400 e. The molecule has 3 aromatic carbocycles. The van der Waals surface area contributed by atoms with Crippen molar-refractivity contribution in [3.05, 3.63) is 99.6 Å². The van der Waals surface area contributed by atoms with Gasteiger partial charge in [0, 0.05) is 12.2 Å². The van der Waals surface area contributed by atoms with Gasteiger partial charge in [0.2, 0.25) is 0 Å². The predicted molar refractivity (Wildman–Crippen MR) is 169 cm³/mol. The highest BCUT2D eigenvalue weighted by atomic mass is 14.9. The van der Waals surface area contributed by atoms with E-state index in [9.17, 15) is 0 Å². The molecule has 38 heavy (non-hydrogen) atoms. The molecule has 1 unspecified atom stereocenters. The molecular formula is C37H53N. The molecule has 0 radical (unpaired) electrons. The van der Waals surface area contributed by atoms with E-state index in [1.807, 2.05) is 0 Å². The van der Waals surface area contributed by atoms with Gasteiger partial charge in [-0.15, -0.1) is 0 Å². The zero-order valence-corrected chi connectivity index (χ0v) is 26.2. The molecule has 0 fully saturated rings. The molecule has 0 amide bonds. The van der Waals surface area contributed by atoms with Crippen LogP contribution in [0.5, 0.6) is 0 Å². The van der Waals surface area contributed by atoms with Gasteiger partial charge in [0.05, 0.1) is 0 Å². The first-order valence-corrected chi connectivity index (χ1v) is 14.6. The molecule has 0 saturated carbocycles. The van der Waals surface area contributed by atoms with Crippen LogP contribution in [0.15, 0.2) is 60.7 Å². The lowest BCUT2D eigenvalue weighted by Crippen LogP contribution is -2.20. The van der Waals surface area contributed by atoms with Gasteiger partial charge in [-0.05, 0) is 99.4 Å². The summed E-state index contributed by atoms with van der Waals surface area (Å²) in [7, 11) is 0. The first-order valence-electron chi connectivity index (χ1n) is 14.6. The number of anilines is 1. The third-order valence-electron chi connectivity index (χ3n) is 7.58. The SMILES string of the molecule is Cc1c(C(C)(C)C)cc(CNc2ccc(Cc3ccccc3CC(C)CC(C)(C)C)cc2)cc1C(C)(C)C. The molecule has 1 atom stereocenters. The fourth-order valence-corrected chi connectivity index (χ4v) is 6.02. The molecule has 3 rings (SSSR count). The van der Waals surface area contributed by atoms with Crippen LogP contribution in [-0.4, -0.2) is 0 Å². The Kier molecular flexibility index (Phi) is 9.23. The van der Waals surface area contributed by atoms with Crippen molar-refractivity contribution < 1.29 is 0 Å². The van der Waals surface area contributed by atoms with Crippen molar-refractivity contribution in [2.24, 2.45) is 11.3 Å². The van der Waals surface area contributed by atoms with E-state index >= 15 is 0 Å². The highest BCUT2D eigenvalue weighted by Gasteiger charge is 2.24. The zero-order chi connectivity index (χ0) is 28.3. The van der Waals surface area contributed by atoms with Crippen LogP contribution >= 0.6 is 0 Å². The van der Waals surface area contributed by atoms with Gasteiger partial charge in [-0.3, -0.25) is 0 Å². The van der Waals surface area contributed by atoms with Crippen LogP contribution < -0.4 is 5.32 Å². The van der Waals surface area contributed by atoms with Crippen molar-refractivity contribution in [2.75, 3.05) is 5.32 Å². The molecule has 3 aromatic rings. The number of benzene rings is 3. The Balaban J connectivity index is 1.72. The average Bonchev–Trinajstić information content (AvgIpc) is 2.78. The third kappa shape index (κ3) is 8.48. The van der Waals surface area contributed by atoms with E-state index in [0.29, 0.717) is 11.3 Å². The average molecular weight is 512 g/mol. The summed E-state index contributed by atoms with van der Waals surface area (Å²) in [6.45, 7) is 26.5. The van der Waals surface area contributed by atoms with E-state index in [1.165, 1.54) is 51.1 Å². The van der Waals surface area contributed by atoms with Crippen LogP contribution in [0, 0.1) is 18.3 Å². The lowest BCUT2D eigenvalue weighted by molar-refractivity contribution is 0.306. The number of hydrogen-bond acceptors (Lipinski definition) is 1. The van der Waals surface area contributed by atoms with E-state index < -0.39 is 0 Å². The monoisotopic (exact) mass is 511 g/mol. The summed E-state index contributed by atoms with van der Waals surface area (Å²) >= 11 is 0. The highest BCUT2D eigenvalue weighted by Crippen LogP contribution is 2.35. The van der Waals surface area contributed by atoms with Gasteiger partial charge in [-0.25, -0.2) is 0 Å².